The number of aliphatic hydroxyl groups is 2. The van der Waals surface area contributed by atoms with Gasteiger partial charge in [0.25, 0.3) is 0 Å². The molecule has 36 heavy (non-hydrogen) atoms. The number of para-hydroxylation sites is 2. The molecule has 3 atom stereocenters. The average molecular weight is 494 g/mol. The van der Waals surface area contributed by atoms with E-state index in [0.717, 1.165) is 5.56 Å². The second-order valence-corrected chi connectivity index (χ2v) is 8.75. The Morgan fingerprint density at radius 2 is 1.25 bits per heavy atom. The molecular weight excluding hydrogens is 458 g/mol. The van der Waals surface area contributed by atoms with Crippen molar-refractivity contribution >= 4 is 5.97 Å². The van der Waals surface area contributed by atoms with Gasteiger partial charge in [0, 0.05) is 19.1 Å². The smallest absolute Gasteiger partial charge is 0.337 e. The first kappa shape index (κ1) is 27.2. The number of carbonyl (C=O) groups is 1. The fourth-order valence-electron chi connectivity index (χ4n) is 3.86. The molecule has 0 aliphatic carbocycles. The Hall–Kier alpha value is -3.39. The van der Waals surface area contributed by atoms with Crippen LogP contribution in [0.2, 0.25) is 0 Å². The van der Waals surface area contributed by atoms with Crippen molar-refractivity contribution in [1.82, 2.24) is 4.90 Å². The van der Waals surface area contributed by atoms with Gasteiger partial charge in [-0.05, 0) is 55.3 Å². The van der Waals surface area contributed by atoms with Crippen LogP contribution in [-0.4, -0.2) is 72.7 Å². The maximum Gasteiger partial charge on any atom is 0.337 e. The Balaban J connectivity index is 1.61. The molecule has 3 aromatic rings. The molecule has 0 saturated carbocycles. The van der Waals surface area contributed by atoms with E-state index in [1.165, 1.54) is 7.11 Å². The number of methoxy groups -OCH3 is 1. The first-order chi connectivity index (χ1) is 17.4. The number of hydrogen-bond acceptors (Lipinski definition) is 7. The van der Waals surface area contributed by atoms with Crippen molar-refractivity contribution in [2.24, 2.45) is 0 Å². The van der Waals surface area contributed by atoms with Crippen molar-refractivity contribution in [3.8, 4) is 11.5 Å². The van der Waals surface area contributed by atoms with Crippen molar-refractivity contribution in [3.63, 3.8) is 0 Å². The first-order valence-corrected chi connectivity index (χ1v) is 12.1. The van der Waals surface area contributed by atoms with Gasteiger partial charge in [-0.3, -0.25) is 4.90 Å². The lowest BCUT2D eigenvalue weighted by Gasteiger charge is -2.32. The minimum Gasteiger partial charge on any atom is -0.491 e. The van der Waals surface area contributed by atoms with Crippen LogP contribution in [0.5, 0.6) is 11.5 Å². The molecule has 192 valence electrons. The van der Waals surface area contributed by atoms with Crippen LogP contribution < -0.4 is 9.47 Å². The van der Waals surface area contributed by atoms with Crippen molar-refractivity contribution in [2.45, 2.75) is 31.6 Å². The van der Waals surface area contributed by atoms with Crippen molar-refractivity contribution in [3.05, 3.63) is 96.1 Å². The molecule has 0 bridgehead atoms. The molecule has 0 aliphatic rings. The van der Waals surface area contributed by atoms with Gasteiger partial charge in [0.2, 0.25) is 0 Å². The summed E-state index contributed by atoms with van der Waals surface area (Å²) < 4.78 is 16.2. The first-order valence-electron chi connectivity index (χ1n) is 12.1. The van der Waals surface area contributed by atoms with Crippen molar-refractivity contribution in [1.29, 1.82) is 0 Å². The third kappa shape index (κ3) is 9.00. The summed E-state index contributed by atoms with van der Waals surface area (Å²) in [6.45, 7) is 2.95. The minimum absolute atomic E-state index is 0.00766. The molecule has 2 N–H and O–H groups in total. The van der Waals surface area contributed by atoms with Crippen LogP contribution in [0.1, 0.15) is 22.8 Å². The predicted octanol–water partition coefficient (Wildman–Crippen LogP) is 3.59. The fraction of sp³-hybridized carbons (Fsp3) is 0.345. The molecule has 0 saturated heterocycles. The largest absolute Gasteiger partial charge is 0.491 e. The third-order valence-electron chi connectivity index (χ3n) is 5.79. The normalized spacial score (nSPS) is 13.6. The van der Waals surface area contributed by atoms with Crippen LogP contribution >= 0.6 is 0 Å². The van der Waals surface area contributed by atoms with Crippen LogP contribution in [-0.2, 0) is 11.2 Å². The molecule has 2 unspecified atom stereocenters. The van der Waals surface area contributed by atoms with E-state index in [2.05, 4.69) is 0 Å². The molecule has 0 spiro atoms. The molecule has 3 aromatic carbocycles. The highest BCUT2D eigenvalue weighted by molar-refractivity contribution is 5.89. The van der Waals surface area contributed by atoms with E-state index < -0.39 is 12.2 Å². The summed E-state index contributed by atoms with van der Waals surface area (Å²) >= 11 is 0. The quantitative estimate of drug-likeness (QED) is 0.332. The number of rotatable bonds is 14. The fourth-order valence-corrected chi connectivity index (χ4v) is 3.86. The molecule has 7 heteroatoms. The van der Waals surface area contributed by atoms with Gasteiger partial charge in [-0.2, -0.15) is 0 Å². The molecule has 0 heterocycles. The lowest BCUT2D eigenvalue weighted by atomic mass is 10.0. The molecule has 0 fully saturated rings. The number of carbonyl (C=O) groups excluding carboxylic acids is 1. The summed E-state index contributed by atoms with van der Waals surface area (Å²) in [5, 5.41) is 21.4. The highest BCUT2D eigenvalue weighted by Crippen LogP contribution is 2.15. The van der Waals surface area contributed by atoms with E-state index in [4.69, 9.17) is 14.2 Å². The Labute approximate surface area is 212 Å². The van der Waals surface area contributed by atoms with Gasteiger partial charge in [-0.15, -0.1) is 0 Å². The molecule has 0 aromatic heterocycles. The number of nitrogens with zero attached hydrogens (tertiary/aromatic N) is 1. The van der Waals surface area contributed by atoms with E-state index in [-0.39, 0.29) is 25.2 Å². The van der Waals surface area contributed by atoms with E-state index in [9.17, 15) is 15.0 Å². The zero-order chi connectivity index (χ0) is 25.8. The zero-order valence-corrected chi connectivity index (χ0v) is 20.8. The Bertz CT molecular complexity index is 977. The van der Waals surface area contributed by atoms with E-state index >= 15 is 0 Å². The van der Waals surface area contributed by atoms with Crippen LogP contribution in [0.25, 0.3) is 0 Å². The predicted molar refractivity (Wildman–Crippen MR) is 138 cm³/mol. The SMILES string of the molecule is COC(=O)c1ccc(CC(C)N(CC(O)COc2ccccc2)C[C@@H](O)COc2ccccc2)cc1. The van der Waals surface area contributed by atoms with Gasteiger partial charge in [0.15, 0.2) is 0 Å². The van der Waals surface area contributed by atoms with Crippen molar-refractivity contribution in [2.75, 3.05) is 33.4 Å². The summed E-state index contributed by atoms with van der Waals surface area (Å²) in [7, 11) is 1.36. The highest BCUT2D eigenvalue weighted by Gasteiger charge is 2.22. The second kappa shape index (κ2) is 14.2. The molecule has 3 rings (SSSR count). The van der Waals surface area contributed by atoms with Gasteiger partial charge in [0.1, 0.15) is 36.9 Å². The van der Waals surface area contributed by atoms with Crippen LogP contribution in [0.4, 0.5) is 0 Å². The van der Waals surface area contributed by atoms with Gasteiger partial charge < -0.3 is 24.4 Å². The van der Waals surface area contributed by atoms with E-state index in [1.807, 2.05) is 84.6 Å². The summed E-state index contributed by atoms with van der Waals surface area (Å²) in [6.07, 6.45) is -0.840. The van der Waals surface area contributed by atoms with E-state index in [0.29, 0.717) is 36.6 Å². The van der Waals surface area contributed by atoms with Crippen LogP contribution in [0, 0.1) is 0 Å². The molecule has 0 radical (unpaired) electrons. The van der Waals surface area contributed by atoms with Crippen molar-refractivity contribution < 1.29 is 29.2 Å². The lowest BCUT2D eigenvalue weighted by molar-refractivity contribution is 0.0167. The maximum absolute atomic E-state index is 11.7. The summed E-state index contributed by atoms with van der Waals surface area (Å²) in [6, 6.07) is 26.0. The third-order valence-corrected chi connectivity index (χ3v) is 5.79. The van der Waals surface area contributed by atoms with Gasteiger partial charge in [-0.1, -0.05) is 48.5 Å². The molecule has 7 nitrogen and oxygen atoms in total. The number of ether oxygens (including phenoxy) is 3. The Kier molecular flexibility index (Phi) is 10.8. The Morgan fingerprint density at radius 3 is 1.69 bits per heavy atom. The summed E-state index contributed by atoms with van der Waals surface area (Å²) in [5.74, 6) is 1.01. The number of benzene rings is 3. The standard InChI is InChI=1S/C29H35NO6/c1-22(17-23-13-15-24(16-14-23)29(33)34-2)30(18-25(31)20-35-27-9-5-3-6-10-27)19-26(32)21-36-28-11-7-4-8-12-28/h3-16,22,25-26,31-32H,17-21H2,1-2H3/t22?,25-,26?/m1/s1. The molecule has 0 aliphatic heterocycles. The lowest BCUT2D eigenvalue weighted by Crippen LogP contribution is -2.46. The van der Waals surface area contributed by atoms with Crippen LogP contribution in [0.15, 0.2) is 84.9 Å². The number of esters is 1. The van der Waals surface area contributed by atoms with Gasteiger partial charge in [0.05, 0.1) is 12.7 Å². The highest BCUT2D eigenvalue weighted by atomic mass is 16.5. The van der Waals surface area contributed by atoms with Crippen LogP contribution in [0.3, 0.4) is 0 Å². The topological polar surface area (TPSA) is 88.5 Å². The average Bonchev–Trinajstić information content (AvgIpc) is 2.91. The van der Waals surface area contributed by atoms with Gasteiger partial charge in [-0.25, -0.2) is 4.79 Å². The molecule has 0 amide bonds. The van der Waals surface area contributed by atoms with E-state index in [1.54, 1.807) is 12.1 Å². The Morgan fingerprint density at radius 1 is 0.778 bits per heavy atom. The van der Waals surface area contributed by atoms with Gasteiger partial charge >= 0.3 is 5.97 Å². The minimum atomic E-state index is -0.753. The maximum atomic E-state index is 11.7. The number of aliphatic hydroxyl groups excluding tert-OH is 2. The summed E-state index contributed by atoms with van der Waals surface area (Å²) in [4.78, 5) is 13.8. The summed E-state index contributed by atoms with van der Waals surface area (Å²) in [5.41, 5.74) is 1.53. The monoisotopic (exact) mass is 493 g/mol. The second-order valence-electron chi connectivity index (χ2n) is 8.75. The number of hydrogen-bond donors (Lipinski definition) is 2. The zero-order valence-electron chi connectivity index (χ0n) is 20.8. The molecular formula is C29H35NO6.